The van der Waals surface area contributed by atoms with Crippen LogP contribution in [-0.4, -0.2) is 29.5 Å². The van der Waals surface area contributed by atoms with Gasteiger partial charge >= 0.3 is 5.97 Å². The molecule has 1 aromatic heterocycles. The summed E-state index contributed by atoms with van der Waals surface area (Å²) < 4.78 is 17.7. The smallest absolute Gasteiger partial charge is 0.311 e. The minimum absolute atomic E-state index is 0.131. The number of amides is 1. The minimum atomic E-state index is -0.668. The van der Waals surface area contributed by atoms with Crippen LogP contribution in [0.4, 0.5) is 4.39 Å². The van der Waals surface area contributed by atoms with Crippen molar-refractivity contribution in [3.63, 3.8) is 0 Å². The van der Waals surface area contributed by atoms with Crippen molar-refractivity contribution in [1.29, 1.82) is 0 Å². The molecule has 0 saturated heterocycles. The van der Waals surface area contributed by atoms with Gasteiger partial charge in [0.1, 0.15) is 11.5 Å². The Morgan fingerprint density at radius 1 is 1.43 bits per heavy atom. The second-order valence-electron chi connectivity index (χ2n) is 5.55. The van der Waals surface area contributed by atoms with Crippen LogP contribution in [0.25, 0.3) is 0 Å². The van der Waals surface area contributed by atoms with Crippen LogP contribution in [0.1, 0.15) is 43.1 Å². The van der Waals surface area contributed by atoms with E-state index < -0.39 is 17.3 Å². The second kappa shape index (κ2) is 6.20. The van der Waals surface area contributed by atoms with Gasteiger partial charge in [0.05, 0.1) is 24.8 Å². The maximum absolute atomic E-state index is 12.8. The van der Waals surface area contributed by atoms with E-state index in [9.17, 15) is 14.0 Å². The van der Waals surface area contributed by atoms with Crippen molar-refractivity contribution in [2.45, 2.75) is 38.1 Å². The second-order valence-corrected chi connectivity index (χ2v) is 5.55. The van der Waals surface area contributed by atoms with Crippen molar-refractivity contribution in [2.24, 2.45) is 5.92 Å². The van der Waals surface area contributed by atoms with E-state index in [2.05, 4.69) is 10.3 Å². The summed E-state index contributed by atoms with van der Waals surface area (Å²) in [7, 11) is 1.35. The van der Waals surface area contributed by atoms with Gasteiger partial charge in [0.15, 0.2) is 0 Å². The molecule has 1 aliphatic rings. The SMILES string of the molecule is COC(=O)C1CCCCC1(C)NC(=O)c1ccc(F)cn1. The lowest BCUT2D eigenvalue weighted by atomic mass is 9.73. The van der Waals surface area contributed by atoms with Crippen LogP contribution in [0, 0.1) is 11.7 Å². The molecule has 2 atom stereocenters. The Labute approximate surface area is 122 Å². The quantitative estimate of drug-likeness (QED) is 0.867. The normalized spacial score (nSPS) is 25.2. The number of hydrogen-bond donors (Lipinski definition) is 1. The third-order valence-corrected chi connectivity index (χ3v) is 4.05. The molecule has 2 unspecified atom stereocenters. The van der Waals surface area contributed by atoms with E-state index in [4.69, 9.17) is 4.74 Å². The van der Waals surface area contributed by atoms with Crippen LogP contribution in [-0.2, 0) is 9.53 Å². The fourth-order valence-electron chi connectivity index (χ4n) is 2.84. The van der Waals surface area contributed by atoms with E-state index >= 15 is 0 Å². The van der Waals surface area contributed by atoms with Crippen molar-refractivity contribution in [2.75, 3.05) is 7.11 Å². The monoisotopic (exact) mass is 294 g/mol. The van der Waals surface area contributed by atoms with Crippen molar-refractivity contribution >= 4 is 11.9 Å². The largest absolute Gasteiger partial charge is 0.469 e. The summed E-state index contributed by atoms with van der Waals surface area (Å²) in [6.45, 7) is 1.84. The molecule has 1 heterocycles. The lowest BCUT2D eigenvalue weighted by Crippen LogP contribution is -2.55. The molecule has 0 spiro atoms. The molecule has 1 amide bonds. The first-order valence-electron chi connectivity index (χ1n) is 6.98. The van der Waals surface area contributed by atoms with Gasteiger partial charge in [-0.05, 0) is 31.9 Å². The van der Waals surface area contributed by atoms with Gasteiger partial charge < -0.3 is 10.1 Å². The Balaban J connectivity index is 2.16. The molecule has 0 bridgehead atoms. The highest BCUT2D eigenvalue weighted by molar-refractivity contribution is 5.93. The van der Waals surface area contributed by atoms with E-state index in [1.165, 1.54) is 19.2 Å². The Kier molecular flexibility index (Phi) is 4.55. The number of ether oxygens (including phenoxy) is 1. The van der Waals surface area contributed by atoms with Crippen LogP contribution in [0.3, 0.4) is 0 Å². The average molecular weight is 294 g/mol. The lowest BCUT2D eigenvalue weighted by Gasteiger charge is -2.40. The summed E-state index contributed by atoms with van der Waals surface area (Å²) in [5, 5.41) is 2.87. The Bertz CT molecular complexity index is 532. The van der Waals surface area contributed by atoms with E-state index in [0.29, 0.717) is 12.8 Å². The summed E-state index contributed by atoms with van der Waals surface area (Å²) in [6.07, 6.45) is 4.23. The molecular weight excluding hydrogens is 275 g/mol. The van der Waals surface area contributed by atoms with E-state index in [1.54, 1.807) is 0 Å². The molecule has 21 heavy (non-hydrogen) atoms. The summed E-state index contributed by atoms with van der Waals surface area (Å²) in [5.41, 5.74) is -0.537. The fraction of sp³-hybridized carbons (Fsp3) is 0.533. The zero-order valence-electron chi connectivity index (χ0n) is 12.2. The van der Waals surface area contributed by atoms with Gasteiger partial charge in [-0.2, -0.15) is 0 Å². The highest BCUT2D eigenvalue weighted by Crippen LogP contribution is 2.34. The average Bonchev–Trinajstić information content (AvgIpc) is 2.47. The van der Waals surface area contributed by atoms with E-state index in [-0.39, 0.29) is 17.6 Å². The molecule has 1 fully saturated rings. The number of hydrogen-bond acceptors (Lipinski definition) is 4. The Morgan fingerprint density at radius 2 is 2.19 bits per heavy atom. The molecule has 1 aliphatic carbocycles. The predicted molar refractivity (Wildman–Crippen MR) is 74.0 cm³/mol. The highest BCUT2D eigenvalue weighted by atomic mass is 19.1. The van der Waals surface area contributed by atoms with Crippen molar-refractivity contribution in [1.82, 2.24) is 10.3 Å². The van der Waals surface area contributed by atoms with Crippen LogP contribution in [0.5, 0.6) is 0 Å². The first-order chi connectivity index (χ1) is 9.96. The first-order valence-corrected chi connectivity index (χ1v) is 6.98. The zero-order valence-corrected chi connectivity index (χ0v) is 12.2. The maximum Gasteiger partial charge on any atom is 0.311 e. The number of nitrogens with one attached hydrogen (secondary N) is 1. The Morgan fingerprint density at radius 3 is 2.81 bits per heavy atom. The third-order valence-electron chi connectivity index (χ3n) is 4.05. The molecule has 1 aromatic rings. The molecule has 1 N–H and O–H groups in total. The van der Waals surface area contributed by atoms with Gasteiger partial charge in [0, 0.05) is 0 Å². The molecular formula is C15H19FN2O3. The molecule has 1 saturated carbocycles. The maximum atomic E-state index is 12.8. The van der Waals surface area contributed by atoms with Crippen LogP contribution in [0.2, 0.25) is 0 Å². The Hall–Kier alpha value is -1.98. The number of pyridine rings is 1. The van der Waals surface area contributed by atoms with Crippen molar-refractivity contribution in [3.8, 4) is 0 Å². The summed E-state index contributed by atoms with van der Waals surface area (Å²) in [6, 6.07) is 2.51. The third kappa shape index (κ3) is 3.37. The summed E-state index contributed by atoms with van der Waals surface area (Å²) >= 11 is 0. The number of halogens is 1. The van der Waals surface area contributed by atoms with Gasteiger partial charge in [-0.25, -0.2) is 9.37 Å². The summed E-state index contributed by atoms with van der Waals surface area (Å²) in [5.74, 6) is -1.60. The molecule has 0 aromatic carbocycles. The van der Waals surface area contributed by atoms with E-state index in [0.717, 1.165) is 19.0 Å². The summed E-state index contributed by atoms with van der Waals surface area (Å²) in [4.78, 5) is 27.9. The molecule has 6 heteroatoms. The standard InChI is InChI=1S/C15H19FN2O3/c1-15(8-4-3-5-11(15)14(20)21-2)18-13(19)12-7-6-10(16)9-17-12/h6-7,9,11H,3-5,8H2,1-2H3,(H,18,19). The van der Waals surface area contributed by atoms with Crippen LogP contribution < -0.4 is 5.32 Å². The molecule has 0 aliphatic heterocycles. The van der Waals surface area contributed by atoms with Gasteiger partial charge in [0.25, 0.3) is 5.91 Å². The topological polar surface area (TPSA) is 68.3 Å². The van der Waals surface area contributed by atoms with Crippen LogP contribution in [0.15, 0.2) is 18.3 Å². The number of carbonyl (C=O) groups is 2. The molecule has 2 rings (SSSR count). The highest BCUT2D eigenvalue weighted by Gasteiger charge is 2.43. The van der Waals surface area contributed by atoms with Gasteiger partial charge in [0.2, 0.25) is 0 Å². The van der Waals surface area contributed by atoms with Crippen molar-refractivity contribution < 1.29 is 18.7 Å². The van der Waals surface area contributed by atoms with Crippen LogP contribution >= 0.6 is 0 Å². The molecule has 5 nitrogen and oxygen atoms in total. The fourth-order valence-corrected chi connectivity index (χ4v) is 2.84. The van der Waals surface area contributed by atoms with Gasteiger partial charge in [-0.1, -0.05) is 12.8 Å². The number of rotatable bonds is 3. The first kappa shape index (κ1) is 15.4. The predicted octanol–water partition coefficient (Wildman–Crippen LogP) is 2.07. The number of carbonyl (C=O) groups excluding carboxylic acids is 2. The number of methoxy groups -OCH3 is 1. The minimum Gasteiger partial charge on any atom is -0.469 e. The lowest BCUT2D eigenvalue weighted by molar-refractivity contribution is -0.149. The van der Waals surface area contributed by atoms with Gasteiger partial charge in [-0.3, -0.25) is 9.59 Å². The zero-order chi connectivity index (χ0) is 15.5. The van der Waals surface area contributed by atoms with Gasteiger partial charge in [-0.15, -0.1) is 0 Å². The van der Waals surface area contributed by atoms with E-state index in [1.807, 2.05) is 6.92 Å². The number of nitrogens with zero attached hydrogens (tertiary/aromatic N) is 1. The number of aromatic nitrogens is 1. The molecule has 114 valence electrons. The van der Waals surface area contributed by atoms with Crippen molar-refractivity contribution in [3.05, 3.63) is 29.8 Å². The molecule has 0 radical (unpaired) electrons. The number of esters is 1.